The third-order valence-electron chi connectivity index (χ3n) is 6.20. The highest BCUT2D eigenvalue weighted by Gasteiger charge is 2.67. The topological polar surface area (TPSA) is 80.8 Å². The lowest BCUT2D eigenvalue weighted by Gasteiger charge is -2.37. The molecule has 3 fully saturated rings. The molecule has 0 radical (unpaired) electrons. The molecule has 2 bridgehead atoms. The summed E-state index contributed by atoms with van der Waals surface area (Å²) in [4.78, 5) is 51.1. The highest BCUT2D eigenvalue weighted by Crippen LogP contribution is 2.65. The molecule has 6 rings (SSSR count). The van der Waals surface area contributed by atoms with Crippen molar-refractivity contribution in [3.05, 3.63) is 34.5 Å². The van der Waals surface area contributed by atoms with Gasteiger partial charge in [0.2, 0.25) is 17.6 Å². The molecule has 0 unspecified atom stereocenters. The molecule has 5 aliphatic rings. The molecule has 7 heteroatoms. The molecule has 2 amide bonds. The van der Waals surface area contributed by atoms with Crippen LogP contribution >= 0.6 is 11.3 Å². The van der Waals surface area contributed by atoms with Gasteiger partial charge in [0.15, 0.2) is 6.61 Å². The third kappa shape index (κ3) is 2.23. The van der Waals surface area contributed by atoms with E-state index >= 15 is 0 Å². The summed E-state index contributed by atoms with van der Waals surface area (Å²) in [6.07, 6.45) is 5.28. The molecule has 2 heterocycles. The zero-order valence-corrected chi connectivity index (χ0v) is 14.7. The van der Waals surface area contributed by atoms with Crippen LogP contribution in [0.15, 0.2) is 29.7 Å². The van der Waals surface area contributed by atoms with Crippen LogP contribution in [0, 0.1) is 35.5 Å². The lowest BCUT2D eigenvalue weighted by molar-refractivity contribution is -0.152. The first kappa shape index (κ1) is 15.9. The monoisotopic (exact) mass is 371 g/mol. The van der Waals surface area contributed by atoms with Gasteiger partial charge in [0, 0.05) is 0 Å². The number of imide groups is 1. The Morgan fingerprint density at radius 2 is 1.77 bits per heavy atom. The van der Waals surface area contributed by atoms with Crippen molar-refractivity contribution in [2.45, 2.75) is 6.42 Å². The van der Waals surface area contributed by atoms with E-state index in [-0.39, 0.29) is 47.9 Å². The predicted molar refractivity (Wildman–Crippen MR) is 91.0 cm³/mol. The molecule has 4 aliphatic carbocycles. The van der Waals surface area contributed by atoms with Gasteiger partial charge in [-0.3, -0.25) is 24.1 Å². The predicted octanol–water partition coefficient (Wildman–Crippen LogP) is 1.53. The first-order valence-corrected chi connectivity index (χ1v) is 9.70. The van der Waals surface area contributed by atoms with Crippen LogP contribution in [-0.2, 0) is 19.1 Å². The zero-order valence-electron chi connectivity index (χ0n) is 13.9. The number of thiophene rings is 1. The number of ketones is 1. The molecule has 0 aromatic carbocycles. The van der Waals surface area contributed by atoms with E-state index in [4.69, 9.17) is 4.74 Å². The molecule has 2 saturated carbocycles. The number of carbonyl (C=O) groups excluding carboxylic acids is 4. The Morgan fingerprint density at radius 3 is 2.35 bits per heavy atom. The van der Waals surface area contributed by atoms with Crippen LogP contribution < -0.4 is 0 Å². The summed E-state index contributed by atoms with van der Waals surface area (Å²) in [6.45, 7) is -0.781. The van der Waals surface area contributed by atoms with Crippen LogP contribution in [0.5, 0.6) is 0 Å². The van der Waals surface area contributed by atoms with Gasteiger partial charge in [-0.25, -0.2) is 0 Å². The maximum atomic E-state index is 12.8. The molecule has 0 spiro atoms. The normalized spacial score (nSPS) is 36.1. The number of carbonyl (C=O) groups is 4. The maximum absolute atomic E-state index is 12.8. The first-order chi connectivity index (χ1) is 12.6. The van der Waals surface area contributed by atoms with Crippen molar-refractivity contribution in [2.24, 2.45) is 35.5 Å². The van der Waals surface area contributed by atoms with Crippen molar-refractivity contribution in [3.8, 4) is 0 Å². The van der Waals surface area contributed by atoms with Gasteiger partial charge >= 0.3 is 5.97 Å². The Hall–Kier alpha value is -2.28. The number of ether oxygens (including phenoxy) is 1. The van der Waals surface area contributed by atoms with Crippen molar-refractivity contribution < 1.29 is 23.9 Å². The Kier molecular flexibility index (Phi) is 3.44. The minimum atomic E-state index is -0.722. The van der Waals surface area contributed by atoms with Crippen LogP contribution in [0.3, 0.4) is 0 Å². The number of nitrogens with zero attached hydrogens (tertiary/aromatic N) is 1. The average molecular weight is 371 g/mol. The fraction of sp³-hybridized carbons (Fsp3) is 0.474. The van der Waals surface area contributed by atoms with E-state index in [2.05, 4.69) is 12.2 Å². The average Bonchev–Trinajstić information content (AvgIpc) is 3.23. The molecule has 1 aliphatic heterocycles. The summed E-state index contributed by atoms with van der Waals surface area (Å²) in [7, 11) is 0. The van der Waals surface area contributed by atoms with Crippen molar-refractivity contribution in [1.82, 2.24) is 4.90 Å². The quantitative estimate of drug-likeness (QED) is 0.339. The molecule has 6 nitrogen and oxygen atoms in total. The molecule has 0 N–H and O–H groups in total. The lowest BCUT2D eigenvalue weighted by Crippen LogP contribution is -2.40. The van der Waals surface area contributed by atoms with Crippen LogP contribution in [0.1, 0.15) is 16.1 Å². The smallest absolute Gasteiger partial charge is 0.326 e. The number of hydrogen-bond donors (Lipinski definition) is 0. The van der Waals surface area contributed by atoms with Gasteiger partial charge in [-0.05, 0) is 41.5 Å². The highest BCUT2D eigenvalue weighted by atomic mass is 32.1. The summed E-state index contributed by atoms with van der Waals surface area (Å²) in [5.74, 6) is -0.845. The maximum Gasteiger partial charge on any atom is 0.326 e. The Labute approximate surface area is 153 Å². The molecular formula is C19H17NO5S. The molecule has 6 atom stereocenters. The summed E-state index contributed by atoms with van der Waals surface area (Å²) in [6, 6.07) is 3.41. The van der Waals surface area contributed by atoms with E-state index in [1.807, 2.05) is 0 Å². The Bertz CT molecular complexity index is 808. The van der Waals surface area contributed by atoms with E-state index < -0.39 is 12.5 Å². The summed E-state index contributed by atoms with van der Waals surface area (Å²) < 4.78 is 5.00. The number of allylic oxidation sites excluding steroid dienone is 2. The first-order valence-electron chi connectivity index (χ1n) is 8.82. The minimum absolute atomic E-state index is 0.132. The van der Waals surface area contributed by atoms with Gasteiger partial charge in [0.05, 0.1) is 16.7 Å². The van der Waals surface area contributed by atoms with Crippen LogP contribution in [0.25, 0.3) is 0 Å². The van der Waals surface area contributed by atoms with Crippen LogP contribution in [-0.4, -0.2) is 41.6 Å². The fourth-order valence-corrected chi connectivity index (χ4v) is 5.65. The van der Waals surface area contributed by atoms with E-state index in [0.717, 1.165) is 11.3 Å². The second-order valence-electron chi connectivity index (χ2n) is 7.48. The standard InChI is InChI=1S/C19H17NO5S/c21-13(14-2-1-5-26-14)8-25-15(22)7-20-18(23)16-9-3-4-10(12-6-11(9)12)17(16)19(20)24/h1-5,9-12,16-17H,6-8H2/t9-,10-,11-,12+,16+,17+/m0/s1. The van der Waals surface area contributed by atoms with Crippen LogP contribution in [0.4, 0.5) is 0 Å². The van der Waals surface area contributed by atoms with Crippen molar-refractivity contribution in [1.29, 1.82) is 0 Å². The van der Waals surface area contributed by atoms with Gasteiger partial charge in [-0.15, -0.1) is 11.3 Å². The highest BCUT2D eigenvalue weighted by molar-refractivity contribution is 7.12. The Balaban J connectivity index is 1.24. The third-order valence-corrected chi connectivity index (χ3v) is 7.11. The summed E-state index contributed by atoms with van der Waals surface area (Å²) in [5.41, 5.74) is 0. The second kappa shape index (κ2) is 5.61. The van der Waals surface area contributed by atoms with Crippen molar-refractivity contribution >= 4 is 34.9 Å². The Morgan fingerprint density at radius 1 is 1.12 bits per heavy atom. The van der Waals surface area contributed by atoms with Crippen molar-refractivity contribution in [2.75, 3.05) is 13.2 Å². The van der Waals surface area contributed by atoms with Gasteiger partial charge in [0.25, 0.3) is 0 Å². The molecule has 26 heavy (non-hydrogen) atoms. The second-order valence-corrected chi connectivity index (χ2v) is 8.43. The van der Waals surface area contributed by atoms with E-state index in [1.54, 1.807) is 17.5 Å². The molecular weight excluding hydrogens is 354 g/mol. The largest absolute Gasteiger partial charge is 0.456 e. The van der Waals surface area contributed by atoms with Gasteiger partial charge in [-0.1, -0.05) is 18.2 Å². The molecule has 1 aromatic heterocycles. The fourth-order valence-electron chi connectivity index (χ4n) is 5.00. The lowest BCUT2D eigenvalue weighted by atomic mass is 9.63. The molecule has 1 aromatic rings. The number of amides is 2. The number of rotatable bonds is 5. The number of hydrogen-bond acceptors (Lipinski definition) is 6. The number of esters is 1. The van der Waals surface area contributed by atoms with E-state index in [0.29, 0.717) is 16.7 Å². The van der Waals surface area contributed by atoms with Gasteiger partial charge < -0.3 is 4.74 Å². The van der Waals surface area contributed by atoms with Gasteiger partial charge in [0.1, 0.15) is 6.54 Å². The van der Waals surface area contributed by atoms with Crippen molar-refractivity contribution in [3.63, 3.8) is 0 Å². The molecule has 134 valence electrons. The van der Waals surface area contributed by atoms with Crippen LogP contribution in [0.2, 0.25) is 0 Å². The molecule has 1 saturated heterocycles. The number of Topliss-reactive ketones (excluding diaryl/α,β-unsaturated/α-hetero) is 1. The van der Waals surface area contributed by atoms with E-state index in [1.165, 1.54) is 11.3 Å². The number of likely N-dealkylation sites (tertiary alicyclic amines) is 1. The van der Waals surface area contributed by atoms with Gasteiger partial charge in [-0.2, -0.15) is 0 Å². The van der Waals surface area contributed by atoms with E-state index in [9.17, 15) is 19.2 Å². The summed E-state index contributed by atoms with van der Waals surface area (Å²) in [5, 5.41) is 1.77. The minimum Gasteiger partial charge on any atom is -0.456 e. The SMILES string of the molecule is O=C(CN1C(=O)[C@@H]2[C@H]3C=C[C@@H]([C@@H]4C[C@H]34)[C@H]2C1=O)OCC(=O)c1cccs1. The summed E-state index contributed by atoms with van der Waals surface area (Å²) >= 11 is 1.28. The zero-order chi connectivity index (χ0) is 18.0.